The van der Waals surface area contributed by atoms with Crippen molar-refractivity contribution in [3.05, 3.63) is 60.2 Å². The first-order chi connectivity index (χ1) is 23.2. The van der Waals surface area contributed by atoms with Gasteiger partial charge in [-0.3, -0.25) is 4.90 Å². The van der Waals surface area contributed by atoms with E-state index in [-0.39, 0.29) is 43.0 Å². The lowest BCUT2D eigenvalue weighted by atomic mass is 9.87. The lowest BCUT2D eigenvalue weighted by molar-refractivity contribution is -0.0906. The van der Waals surface area contributed by atoms with Gasteiger partial charge in [0.25, 0.3) is 0 Å². The molecule has 5 N–H and O–H groups in total. The fourth-order valence-corrected chi connectivity index (χ4v) is 8.28. The third kappa shape index (κ3) is 10.5. The zero-order chi connectivity index (χ0) is 35.8. The molecular formula is C35H52N4O9S. The Labute approximate surface area is 289 Å². The van der Waals surface area contributed by atoms with Gasteiger partial charge < -0.3 is 35.5 Å². The van der Waals surface area contributed by atoms with Crippen LogP contribution in [-0.2, 0) is 30.7 Å². The fraction of sp³-hybridized carbons (Fsp3) is 0.600. The number of aliphatic hydroxyl groups excluding tert-OH is 1. The van der Waals surface area contributed by atoms with E-state index in [1.165, 1.54) is 33.5 Å². The van der Waals surface area contributed by atoms with E-state index >= 15 is 0 Å². The summed E-state index contributed by atoms with van der Waals surface area (Å²) in [5.41, 5.74) is 6.52. The molecule has 14 heteroatoms. The fourth-order valence-electron chi connectivity index (χ4n) is 6.63. The molecule has 0 aromatic heterocycles. The molecule has 0 radical (unpaired) electrons. The molecule has 2 aliphatic rings. The van der Waals surface area contributed by atoms with Gasteiger partial charge in [-0.15, -0.1) is 0 Å². The van der Waals surface area contributed by atoms with E-state index in [0.717, 1.165) is 5.56 Å². The molecule has 13 nitrogen and oxygen atoms in total. The molecule has 4 rings (SSSR count). The van der Waals surface area contributed by atoms with E-state index in [1.807, 2.05) is 44.2 Å². The molecule has 2 aromatic carbocycles. The molecule has 2 heterocycles. The SMILES string of the molecule is CC(C)OC(=O)NCCCCC(C)(C)CN(C[C@@H](O)[C@H](Cc1ccccc1)N(C(=O)O)[C@H]1CO[C@H]2OCC[C@H]21)S(=O)(=O)c1ccc(N)cc1. The maximum atomic E-state index is 14.2. The van der Waals surface area contributed by atoms with Crippen LogP contribution in [0.4, 0.5) is 15.3 Å². The molecule has 272 valence electrons. The molecular weight excluding hydrogens is 652 g/mol. The second kappa shape index (κ2) is 17.0. The van der Waals surface area contributed by atoms with Crippen molar-refractivity contribution >= 4 is 27.9 Å². The van der Waals surface area contributed by atoms with Gasteiger partial charge >= 0.3 is 12.2 Å². The molecule has 0 saturated carbocycles. The number of anilines is 1. The van der Waals surface area contributed by atoms with Crippen LogP contribution in [0.3, 0.4) is 0 Å². The first-order valence-electron chi connectivity index (χ1n) is 16.9. The summed E-state index contributed by atoms with van der Waals surface area (Å²) < 4.78 is 46.3. The number of nitrogens with one attached hydrogen (secondary N) is 1. The second-order valence-electron chi connectivity index (χ2n) is 14.0. The summed E-state index contributed by atoms with van der Waals surface area (Å²) in [7, 11) is -4.16. The topological polar surface area (TPSA) is 181 Å². The van der Waals surface area contributed by atoms with Crippen molar-refractivity contribution in [3.63, 3.8) is 0 Å². The summed E-state index contributed by atoms with van der Waals surface area (Å²) in [5.74, 6) is -0.197. The van der Waals surface area contributed by atoms with Crippen LogP contribution in [0.2, 0.25) is 0 Å². The number of alkyl carbamates (subject to hydrolysis) is 1. The molecule has 5 atom stereocenters. The van der Waals surface area contributed by atoms with Crippen LogP contribution in [0.25, 0.3) is 0 Å². The maximum absolute atomic E-state index is 14.2. The van der Waals surface area contributed by atoms with E-state index in [4.69, 9.17) is 19.9 Å². The minimum atomic E-state index is -4.16. The average molecular weight is 705 g/mol. The highest BCUT2D eigenvalue weighted by Crippen LogP contribution is 2.36. The van der Waals surface area contributed by atoms with Gasteiger partial charge in [-0.2, -0.15) is 4.31 Å². The number of carbonyl (C=O) groups is 2. The number of hydrogen-bond acceptors (Lipinski definition) is 9. The summed E-state index contributed by atoms with van der Waals surface area (Å²) in [6.07, 6.45) is -1.08. The molecule has 2 fully saturated rings. The van der Waals surface area contributed by atoms with Crippen LogP contribution < -0.4 is 11.1 Å². The second-order valence-corrected chi connectivity index (χ2v) is 15.9. The predicted octanol–water partition coefficient (Wildman–Crippen LogP) is 4.30. The van der Waals surface area contributed by atoms with Gasteiger partial charge in [0.2, 0.25) is 10.0 Å². The number of hydrogen-bond donors (Lipinski definition) is 4. The highest BCUT2D eigenvalue weighted by atomic mass is 32.2. The minimum absolute atomic E-state index is 0.0161. The summed E-state index contributed by atoms with van der Waals surface area (Å²) in [6.45, 7) is 8.13. The highest BCUT2D eigenvalue weighted by molar-refractivity contribution is 7.89. The number of rotatable bonds is 17. The molecule has 0 spiro atoms. The van der Waals surface area contributed by atoms with Gasteiger partial charge in [-0.05, 0) is 74.8 Å². The zero-order valence-corrected chi connectivity index (χ0v) is 29.7. The number of benzene rings is 2. The summed E-state index contributed by atoms with van der Waals surface area (Å²) in [5, 5.41) is 25.3. The maximum Gasteiger partial charge on any atom is 0.407 e. The Morgan fingerprint density at radius 1 is 1.08 bits per heavy atom. The molecule has 2 saturated heterocycles. The largest absolute Gasteiger partial charge is 0.465 e. The Kier molecular flexibility index (Phi) is 13.3. The Hall–Kier alpha value is -3.43. The van der Waals surface area contributed by atoms with Gasteiger partial charge in [0.1, 0.15) is 0 Å². The first-order valence-corrected chi connectivity index (χ1v) is 18.4. The molecule has 2 amide bonds. The summed E-state index contributed by atoms with van der Waals surface area (Å²) in [4.78, 5) is 26.1. The summed E-state index contributed by atoms with van der Waals surface area (Å²) >= 11 is 0. The minimum Gasteiger partial charge on any atom is -0.465 e. The zero-order valence-electron chi connectivity index (χ0n) is 28.9. The lowest BCUT2D eigenvalue weighted by Gasteiger charge is -2.40. The quantitative estimate of drug-likeness (QED) is 0.137. The molecule has 49 heavy (non-hydrogen) atoms. The third-order valence-electron chi connectivity index (χ3n) is 9.08. The third-order valence-corrected chi connectivity index (χ3v) is 10.9. The van der Waals surface area contributed by atoms with E-state index in [0.29, 0.717) is 44.5 Å². The number of unbranched alkanes of at least 4 members (excludes halogenated alkanes) is 1. The van der Waals surface area contributed by atoms with Crippen molar-refractivity contribution in [2.24, 2.45) is 11.3 Å². The van der Waals surface area contributed by atoms with Crippen LogP contribution in [0.15, 0.2) is 59.5 Å². The number of aliphatic hydroxyl groups is 1. The first kappa shape index (κ1) is 38.4. The van der Waals surface area contributed by atoms with Crippen molar-refractivity contribution in [2.45, 2.75) is 95.3 Å². The number of nitrogens with two attached hydrogens (primary N) is 1. The summed E-state index contributed by atoms with van der Waals surface area (Å²) in [6, 6.07) is 13.6. The van der Waals surface area contributed by atoms with Gasteiger partial charge in [-0.1, -0.05) is 50.6 Å². The van der Waals surface area contributed by atoms with Gasteiger partial charge in [0.05, 0.1) is 42.4 Å². The van der Waals surface area contributed by atoms with Crippen molar-refractivity contribution in [2.75, 3.05) is 38.6 Å². The molecule has 0 aliphatic carbocycles. The molecule has 2 aromatic rings. The van der Waals surface area contributed by atoms with Gasteiger partial charge in [0, 0.05) is 31.2 Å². The Morgan fingerprint density at radius 2 is 1.78 bits per heavy atom. The standard InChI is InChI=1S/C35H52N4O9S/c1-24(2)48-33(41)37-18-9-8-17-35(3,4)23-38(49(44,45)27-14-12-26(36)13-15-27)21-31(40)29(20-25-10-6-5-7-11-25)39(34(42)43)30-22-47-32-28(30)16-19-46-32/h5-7,10-15,24,28-32,40H,8-9,16-23,36H2,1-4H3,(H,37,41)(H,42,43)/t28-,29-,30-,31+,32+/m0/s1. The highest BCUT2D eigenvalue weighted by Gasteiger charge is 2.49. The average Bonchev–Trinajstić information content (AvgIpc) is 3.65. The molecule has 0 bridgehead atoms. The Morgan fingerprint density at radius 3 is 2.43 bits per heavy atom. The van der Waals surface area contributed by atoms with Gasteiger partial charge in [-0.25, -0.2) is 18.0 Å². The Balaban J connectivity index is 1.59. The van der Waals surface area contributed by atoms with Crippen LogP contribution in [-0.4, -0.2) is 103 Å². The van der Waals surface area contributed by atoms with Crippen LogP contribution >= 0.6 is 0 Å². The van der Waals surface area contributed by atoms with Crippen LogP contribution in [0.5, 0.6) is 0 Å². The van der Waals surface area contributed by atoms with Crippen LogP contribution in [0, 0.1) is 11.3 Å². The number of carboxylic acid groups (broad SMARTS) is 1. The van der Waals surface area contributed by atoms with E-state index in [9.17, 15) is 28.2 Å². The molecule has 2 aliphatic heterocycles. The number of ether oxygens (including phenoxy) is 3. The van der Waals surface area contributed by atoms with Crippen molar-refractivity contribution in [3.8, 4) is 0 Å². The van der Waals surface area contributed by atoms with Crippen molar-refractivity contribution < 1.29 is 42.4 Å². The van der Waals surface area contributed by atoms with Gasteiger partial charge in [0.15, 0.2) is 6.29 Å². The van der Waals surface area contributed by atoms with Crippen molar-refractivity contribution in [1.82, 2.24) is 14.5 Å². The number of carbonyl (C=O) groups excluding carboxylic acids is 1. The van der Waals surface area contributed by atoms with E-state index in [2.05, 4.69) is 5.32 Å². The van der Waals surface area contributed by atoms with Crippen molar-refractivity contribution in [1.29, 1.82) is 0 Å². The Bertz CT molecular complexity index is 1470. The number of nitrogen functional groups attached to an aromatic ring is 1. The number of amides is 2. The van der Waals surface area contributed by atoms with E-state index < -0.39 is 52.1 Å². The lowest BCUT2D eigenvalue weighted by Crippen LogP contribution is -2.58. The normalized spacial score (nSPS) is 20.6. The number of fused-ring (bicyclic) bond motifs is 1. The predicted molar refractivity (Wildman–Crippen MR) is 184 cm³/mol. The monoisotopic (exact) mass is 704 g/mol. The smallest absolute Gasteiger partial charge is 0.407 e. The van der Waals surface area contributed by atoms with E-state index in [1.54, 1.807) is 13.8 Å². The number of nitrogens with zero attached hydrogens (tertiary/aromatic N) is 2. The molecule has 0 unspecified atom stereocenters. The van der Waals surface area contributed by atoms with Crippen LogP contribution in [0.1, 0.15) is 58.9 Å². The number of sulfonamides is 1.